The van der Waals surface area contributed by atoms with E-state index in [0.717, 1.165) is 49.4 Å². The maximum atomic E-state index is 13.5. The fraction of sp³-hybridized carbons (Fsp3) is 0.931. The van der Waals surface area contributed by atoms with Crippen LogP contribution in [0.1, 0.15) is 112 Å². The van der Waals surface area contributed by atoms with Gasteiger partial charge in [-0.15, -0.1) is 0 Å². The second-order valence-corrected chi connectivity index (χ2v) is 13.1. The molecule has 0 saturated heterocycles. The highest BCUT2D eigenvalue weighted by Gasteiger charge is 2.62. The first-order valence-corrected chi connectivity index (χ1v) is 13.8. The monoisotopic (exact) mass is 444 g/mol. The lowest BCUT2D eigenvalue weighted by molar-refractivity contribution is -0.169. The third-order valence-corrected chi connectivity index (χ3v) is 10.9. The van der Waals surface area contributed by atoms with Crippen LogP contribution in [-0.2, 0) is 14.3 Å². The number of esters is 1. The van der Waals surface area contributed by atoms with E-state index in [0.29, 0.717) is 23.0 Å². The van der Waals surface area contributed by atoms with Crippen LogP contribution < -0.4 is 0 Å². The zero-order valence-corrected chi connectivity index (χ0v) is 21.6. The van der Waals surface area contributed by atoms with Gasteiger partial charge in [-0.25, -0.2) is 0 Å². The van der Waals surface area contributed by atoms with E-state index in [1.807, 2.05) is 0 Å². The molecule has 4 fully saturated rings. The lowest BCUT2D eigenvalue weighted by Crippen LogP contribution is -2.57. The van der Waals surface area contributed by atoms with Crippen molar-refractivity contribution in [2.45, 2.75) is 118 Å². The fourth-order valence-electron chi connectivity index (χ4n) is 9.37. The number of hydrogen-bond donors (Lipinski definition) is 0. The minimum atomic E-state index is -0.201. The topological polar surface area (TPSA) is 43.4 Å². The molecule has 0 aromatic heterocycles. The molecule has 3 nitrogen and oxygen atoms in total. The number of carbonyl (C=O) groups is 2. The van der Waals surface area contributed by atoms with Gasteiger partial charge in [-0.05, 0) is 91.3 Å². The molecule has 0 N–H and O–H groups in total. The highest BCUT2D eigenvalue weighted by Crippen LogP contribution is 2.68. The first-order chi connectivity index (χ1) is 15.1. The third kappa shape index (κ3) is 4.20. The molecule has 4 aliphatic rings. The van der Waals surface area contributed by atoms with Gasteiger partial charge in [-0.1, -0.05) is 53.9 Å². The van der Waals surface area contributed by atoms with Crippen LogP contribution in [0.25, 0.3) is 0 Å². The van der Waals surface area contributed by atoms with Gasteiger partial charge in [0.1, 0.15) is 11.9 Å². The summed E-state index contributed by atoms with van der Waals surface area (Å²) < 4.78 is 5.55. The molecular formula is C29H48O3. The Kier molecular flexibility index (Phi) is 6.87. The third-order valence-electron chi connectivity index (χ3n) is 10.9. The van der Waals surface area contributed by atoms with Crippen LogP contribution in [0.4, 0.5) is 0 Å². The van der Waals surface area contributed by atoms with Crippen LogP contribution in [0.15, 0.2) is 0 Å². The zero-order chi connectivity index (χ0) is 23.3. The lowest BCUT2D eigenvalue weighted by Gasteiger charge is -2.60. The summed E-state index contributed by atoms with van der Waals surface area (Å²) in [5, 5.41) is 0. The Hall–Kier alpha value is -0.860. The van der Waals surface area contributed by atoms with Gasteiger partial charge < -0.3 is 4.74 Å². The molecule has 0 radical (unpaired) electrons. The molecule has 32 heavy (non-hydrogen) atoms. The summed E-state index contributed by atoms with van der Waals surface area (Å²) in [4.78, 5) is 25.0. The van der Waals surface area contributed by atoms with E-state index in [2.05, 4.69) is 34.6 Å². The van der Waals surface area contributed by atoms with Crippen molar-refractivity contribution in [3.63, 3.8) is 0 Å². The number of rotatable bonds is 6. The Balaban J connectivity index is 1.48. The average Bonchev–Trinajstić information content (AvgIpc) is 3.06. The Morgan fingerprint density at radius 2 is 1.69 bits per heavy atom. The molecule has 4 rings (SSSR count). The quantitative estimate of drug-likeness (QED) is 0.406. The molecule has 0 amide bonds. The molecule has 4 saturated carbocycles. The van der Waals surface area contributed by atoms with Crippen molar-refractivity contribution in [1.29, 1.82) is 0 Å². The van der Waals surface area contributed by atoms with Gasteiger partial charge in [0.25, 0.3) is 0 Å². The molecular weight excluding hydrogens is 396 g/mol. The van der Waals surface area contributed by atoms with Crippen molar-refractivity contribution >= 4 is 11.8 Å². The van der Waals surface area contributed by atoms with Gasteiger partial charge in [0.05, 0.1) is 0 Å². The number of carbonyl (C=O) groups excluding carboxylic acids is 2. The number of ketones is 1. The normalized spacial score (nSPS) is 44.5. The SMILES string of the molecule is CC(=O)OC1CC[C@@]2(C)C(C1)C(=O)C[C@H]1[C@@H]3CC[C@H]([C@H](C)CCCC(C)C)[C@@]3(C)CC[C@@H]12. The summed E-state index contributed by atoms with van der Waals surface area (Å²) in [7, 11) is 0. The molecule has 0 spiro atoms. The predicted octanol–water partition coefficient (Wildman–Crippen LogP) is 7.22. The van der Waals surface area contributed by atoms with Crippen LogP contribution in [0.3, 0.4) is 0 Å². The molecule has 9 atom stereocenters. The van der Waals surface area contributed by atoms with E-state index in [4.69, 9.17) is 4.74 Å². The molecule has 0 aromatic rings. The maximum absolute atomic E-state index is 13.5. The Bertz CT molecular complexity index is 713. The van der Waals surface area contributed by atoms with E-state index in [-0.39, 0.29) is 23.4 Å². The van der Waals surface area contributed by atoms with Crippen LogP contribution in [0.2, 0.25) is 0 Å². The number of ether oxygens (including phenoxy) is 1. The molecule has 0 heterocycles. The van der Waals surface area contributed by atoms with E-state index >= 15 is 0 Å². The van der Waals surface area contributed by atoms with Gasteiger partial charge in [0, 0.05) is 19.3 Å². The van der Waals surface area contributed by atoms with Gasteiger partial charge in [-0.3, -0.25) is 9.59 Å². The molecule has 0 aromatic carbocycles. The van der Waals surface area contributed by atoms with Crippen molar-refractivity contribution < 1.29 is 14.3 Å². The summed E-state index contributed by atoms with van der Waals surface area (Å²) in [6, 6.07) is 0. The van der Waals surface area contributed by atoms with Crippen molar-refractivity contribution in [3.8, 4) is 0 Å². The minimum Gasteiger partial charge on any atom is -0.463 e. The van der Waals surface area contributed by atoms with E-state index in [9.17, 15) is 9.59 Å². The summed E-state index contributed by atoms with van der Waals surface area (Å²) in [6.07, 6.45) is 12.9. The molecule has 0 aliphatic heterocycles. The van der Waals surface area contributed by atoms with E-state index < -0.39 is 0 Å². The molecule has 3 heteroatoms. The second kappa shape index (κ2) is 9.06. The van der Waals surface area contributed by atoms with Gasteiger partial charge in [0.2, 0.25) is 0 Å². The zero-order valence-electron chi connectivity index (χ0n) is 21.6. The van der Waals surface area contributed by atoms with Crippen molar-refractivity contribution in [1.82, 2.24) is 0 Å². The van der Waals surface area contributed by atoms with Crippen LogP contribution in [0.5, 0.6) is 0 Å². The first-order valence-electron chi connectivity index (χ1n) is 13.8. The lowest BCUT2D eigenvalue weighted by atomic mass is 9.44. The average molecular weight is 445 g/mol. The Morgan fingerprint density at radius 3 is 2.38 bits per heavy atom. The van der Waals surface area contributed by atoms with Crippen molar-refractivity contribution in [2.75, 3.05) is 0 Å². The predicted molar refractivity (Wildman–Crippen MR) is 129 cm³/mol. The van der Waals surface area contributed by atoms with Crippen LogP contribution >= 0.6 is 0 Å². The summed E-state index contributed by atoms with van der Waals surface area (Å²) >= 11 is 0. The highest BCUT2D eigenvalue weighted by molar-refractivity contribution is 5.83. The second-order valence-electron chi connectivity index (χ2n) is 13.1. The molecule has 4 aliphatic carbocycles. The first kappa shape index (κ1) is 24.3. The van der Waals surface area contributed by atoms with Crippen LogP contribution in [-0.4, -0.2) is 17.9 Å². The summed E-state index contributed by atoms with van der Waals surface area (Å²) in [5.74, 6) is 4.81. The fourth-order valence-corrected chi connectivity index (χ4v) is 9.37. The molecule has 182 valence electrons. The van der Waals surface area contributed by atoms with Gasteiger partial charge in [0.15, 0.2) is 0 Å². The van der Waals surface area contributed by atoms with E-state index in [1.54, 1.807) is 0 Å². The molecule has 0 bridgehead atoms. The standard InChI is InChI=1S/C29H48O3/c1-18(2)8-7-9-19(3)23-10-11-24-22-17-27(31)26-16-21(32-20(4)30)12-14-29(26,6)25(22)13-15-28(23,24)5/h18-19,21-26H,7-17H2,1-6H3/t19-,21?,22+,23-,24+,25+,26?,28-,29-/m1/s1. The minimum absolute atomic E-state index is 0.0533. The Morgan fingerprint density at radius 1 is 1.00 bits per heavy atom. The highest BCUT2D eigenvalue weighted by atomic mass is 16.5. The number of fused-ring (bicyclic) bond motifs is 5. The summed E-state index contributed by atoms with van der Waals surface area (Å²) in [6.45, 7) is 13.7. The largest absolute Gasteiger partial charge is 0.463 e. The maximum Gasteiger partial charge on any atom is 0.302 e. The number of Topliss-reactive ketones (excluding diaryl/α,β-unsaturated/α-hetero) is 1. The summed E-state index contributed by atoms with van der Waals surface area (Å²) in [5.41, 5.74) is 0.537. The van der Waals surface area contributed by atoms with Gasteiger partial charge in [-0.2, -0.15) is 0 Å². The smallest absolute Gasteiger partial charge is 0.302 e. The van der Waals surface area contributed by atoms with Crippen molar-refractivity contribution in [3.05, 3.63) is 0 Å². The van der Waals surface area contributed by atoms with Crippen LogP contribution in [0, 0.1) is 52.3 Å². The Labute approximate surface area is 196 Å². The number of hydrogen-bond acceptors (Lipinski definition) is 3. The van der Waals surface area contributed by atoms with E-state index in [1.165, 1.54) is 51.9 Å². The molecule has 2 unspecified atom stereocenters. The van der Waals surface area contributed by atoms with Gasteiger partial charge >= 0.3 is 5.97 Å². The van der Waals surface area contributed by atoms with Crippen molar-refractivity contribution in [2.24, 2.45) is 52.3 Å².